The summed E-state index contributed by atoms with van der Waals surface area (Å²) in [4.78, 5) is 6.96. The minimum absolute atomic E-state index is 0.108. The average molecular weight is 271 g/mol. The van der Waals surface area contributed by atoms with Crippen LogP contribution in [0.5, 0.6) is 5.75 Å². The van der Waals surface area contributed by atoms with Crippen LogP contribution in [0, 0.1) is 0 Å². The van der Waals surface area contributed by atoms with Crippen molar-refractivity contribution in [2.24, 2.45) is 10.7 Å². The quantitative estimate of drug-likeness (QED) is 0.852. The molecule has 0 radical (unpaired) electrons. The second-order valence-electron chi connectivity index (χ2n) is 6.84. The second-order valence-corrected chi connectivity index (χ2v) is 6.84. The zero-order chi connectivity index (χ0) is 14.0. The highest BCUT2D eigenvalue weighted by Crippen LogP contribution is 2.51. The Kier molecular flexibility index (Phi) is 2.22. The van der Waals surface area contributed by atoms with E-state index in [2.05, 4.69) is 41.9 Å². The van der Waals surface area contributed by atoms with Crippen molar-refractivity contribution in [2.45, 2.75) is 50.3 Å². The van der Waals surface area contributed by atoms with Gasteiger partial charge in [-0.2, -0.15) is 0 Å². The van der Waals surface area contributed by atoms with E-state index in [0.717, 1.165) is 18.7 Å². The van der Waals surface area contributed by atoms with E-state index in [4.69, 9.17) is 10.5 Å². The van der Waals surface area contributed by atoms with Gasteiger partial charge in [0.1, 0.15) is 11.4 Å². The monoisotopic (exact) mass is 271 g/mol. The maximum absolute atomic E-state index is 6.21. The number of fused-ring (bicyclic) bond motifs is 2. The second kappa shape index (κ2) is 3.68. The Morgan fingerprint density at radius 2 is 2.05 bits per heavy atom. The first kappa shape index (κ1) is 12.1. The highest BCUT2D eigenvalue weighted by atomic mass is 16.5. The van der Waals surface area contributed by atoms with Gasteiger partial charge in [-0.3, -0.25) is 4.99 Å². The zero-order valence-electron chi connectivity index (χ0n) is 12.1. The molecule has 2 aliphatic heterocycles. The molecule has 1 atom stereocenters. The number of para-hydroxylation sites is 1. The van der Waals surface area contributed by atoms with Crippen molar-refractivity contribution in [1.82, 2.24) is 4.90 Å². The van der Waals surface area contributed by atoms with Gasteiger partial charge in [0, 0.05) is 18.0 Å². The molecule has 0 saturated heterocycles. The largest absolute Gasteiger partial charge is 0.487 e. The van der Waals surface area contributed by atoms with Crippen molar-refractivity contribution < 1.29 is 4.74 Å². The van der Waals surface area contributed by atoms with E-state index in [0.29, 0.717) is 12.0 Å². The highest BCUT2D eigenvalue weighted by molar-refractivity contribution is 5.82. The molecule has 0 amide bonds. The number of hydrogen-bond acceptors (Lipinski definition) is 4. The summed E-state index contributed by atoms with van der Waals surface area (Å²) < 4.78 is 6.17. The number of benzene rings is 1. The Morgan fingerprint density at radius 1 is 1.30 bits per heavy atom. The number of nitrogens with zero attached hydrogens (tertiary/aromatic N) is 2. The van der Waals surface area contributed by atoms with E-state index >= 15 is 0 Å². The van der Waals surface area contributed by atoms with E-state index in [1.807, 2.05) is 6.07 Å². The molecular formula is C16H21N3O. The summed E-state index contributed by atoms with van der Waals surface area (Å²) in [7, 11) is 0. The minimum atomic E-state index is -0.193. The first-order valence-electron chi connectivity index (χ1n) is 7.40. The highest BCUT2D eigenvalue weighted by Gasteiger charge is 2.55. The molecule has 1 spiro atoms. The summed E-state index contributed by atoms with van der Waals surface area (Å²) in [6.45, 7) is 5.06. The molecule has 2 N–H and O–H groups in total. The normalized spacial score (nSPS) is 30.9. The molecule has 0 bridgehead atoms. The molecule has 3 aliphatic rings. The lowest BCUT2D eigenvalue weighted by molar-refractivity contribution is 0.00599. The molecule has 4 rings (SSSR count). The van der Waals surface area contributed by atoms with Crippen LogP contribution in [0.3, 0.4) is 0 Å². The lowest BCUT2D eigenvalue weighted by atomic mass is 9.76. The van der Waals surface area contributed by atoms with Crippen LogP contribution < -0.4 is 10.5 Å². The van der Waals surface area contributed by atoms with Crippen LogP contribution in [0.25, 0.3) is 0 Å². The summed E-state index contributed by atoms with van der Waals surface area (Å²) in [6, 6.07) is 8.92. The standard InChI is InChI=1S/C16H21N3O/c1-15(2)9-16(12-5-3-4-6-13(12)20-15)10-18-14(17)19(16)11-7-8-11/h3-6,11H,7-10H2,1-2H3,(H2,17,18). The van der Waals surface area contributed by atoms with Gasteiger partial charge in [0.25, 0.3) is 0 Å². The average Bonchev–Trinajstić information content (AvgIpc) is 3.15. The van der Waals surface area contributed by atoms with Gasteiger partial charge in [0.05, 0.1) is 12.1 Å². The van der Waals surface area contributed by atoms with Gasteiger partial charge in [-0.15, -0.1) is 0 Å². The van der Waals surface area contributed by atoms with Gasteiger partial charge in [-0.1, -0.05) is 18.2 Å². The molecular weight excluding hydrogens is 250 g/mol. The number of aliphatic imine (C=N–C) groups is 1. The van der Waals surface area contributed by atoms with Gasteiger partial charge in [-0.25, -0.2) is 0 Å². The van der Waals surface area contributed by atoms with Gasteiger partial charge in [0.15, 0.2) is 5.96 Å². The van der Waals surface area contributed by atoms with E-state index < -0.39 is 0 Å². The van der Waals surface area contributed by atoms with E-state index in [1.54, 1.807) is 0 Å². The number of ether oxygens (including phenoxy) is 1. The Hall–Kier alpha value is -1.71. The smallest absolute Gasteiger partial charge is 0.192 e. The van der Waals surface area contributed by atoms with Gasteiger partial charge in [-0.05, 0) is 32.8 Å². The topological polar surface area (TPSA) is 50.8 Å². The van der Waals surface area contributed by atoms with E-state index in [-0.39, 0.29) is 11.1 Å². The molecule has 1 aromatic carbocycles. The molecule has 2 heterocycles. The molecule has 1 aliphatic carbocycles. The first-order valence-corrected chi connectivity index (χ1v) is 7.40. The van der Waals surface area contributed by atoms with Crippen LogP contribution in [0.15, 0.2) is 29.3 Å². The lowest BCUT2D eigenvalue weighted by Crippen LogP contribution is -2.56. The molecule has 20 heavy (non-hydrogen) atoms. The van der Waals surface area contributed by atoms with Crippen molar-refractivity contribution >= 4 is 5.96 Å². The SMILES string of the molecule is CC1(C)CC2(CN=C(N)N2C2CC2)c2ccccc2O1. The van der Waals surface area contributed by atoms with Gasteiger partial charge < -0.3 is 15.4 Å². The fourth-order valence-electron chi connectivity index (χ4n) is 3.88. The van der Waals surface area contributed by atoms with Crippen LogP contribution >= 0.6 is 0 Å². The fraction of sp³-hybridized carbons (Fsp3) is 0.562. The van der Waals surface area contributed by atoms with Crippen molar-refractivity contribution in [3.63, 3.8) is 0 Å². The molecule has 4 heteroatoms. The predicted octanol–water partition coefficient (Wildman–Crippen LogP) is 2.24. The van der Waals surface area contributed by atoms with Crippen molar-refractivity contribution in [3.05, 3.63) is 29.8 Å². The van der Waals surface area contributed by atoms with Gasteiger partial charge in [0.2, 0.25) is 0 Å². The third-order valence-corrected chi connectivity index (χ3v) is 4.62. The summed E-state index contributed by atoms with van der Waals surface area (Å²) in [5.74, 6) is 1.69. The number of nitrogens with two attached hydrogens (primary N) is 1. The molecule has 1 aromatic rings. The van der Waals surface area contributed by atoms with Crippen molar-refractivity contribution in [1.29, 1.82) is 0 Å². The molecule has 0 aromatic heterocycles. The Balaban J connectivity index is 1.88. The lowest BCUT2D eigenvalue weighted by Gasteiger charge is -2.49. The predicted molar refractivity (Wildman–Crippen MR) is 78.8 cm³/mol. The van der Waals surface area contributed by atoms with Crippen molar-refractivity contribution in [3.8, 4) is 5.75 Å². The molecule has 1 saturated carbocycles. The summed E-state index contributed by atoms with van der Waals surface area (Å²) in [5.41, 5.74) is 7.15. The molecule has 1 unspecified atom stereocenters. The van der Waals surface area contributed by atoms with Crippen LogP contribution in [0.4, 0.5) is 0 Å². The Labute approximate surface area is 119 Å². The Bertz CT molecular complexity index is 591. The van der Waals surface area contributed by atoms with Crippen LogP contribution in [-0.4, -0.2) is 29.0 Å². The minimum Gasteiger partial charge on any atom is -0.487 e. The first-order chi connectivity index (χ1) is 9.52. The van der Waals surface area contributed by atoms with Crippen LogP contribution in [-0.2, 0) is 5.54 Å². The molecule has 106 valence electrons. The maximum atomic E-state index is 6.21. The maximum Gasteiger partial charge on any atom is 0.192 e. The number of rotatable bonds is 1. The molecule has 1 fully saturated rings. The summed E-state index contributed by atoms with van der Waals surface area (Å²) >= 11 is 0. The summed E-state index contributed by atoms with van der Waals surface area (Å²) in [6.07, 6.45) is 3.38. The Morgan fingerprint density at radius 3 is 2.80 bits per heavy atom. The zero-order valence-corrected chi connectivity index (χ0v) is 12.1. The van der Waals surface area contributed by atoms with Crippen LogP contribution in [0.1, 0.15) is 38.7 Å². The third kappa shape index (κ3) is 1.57. The van der Waals surface area contributed by atoms with E-state index in [1.165, 1.54) is 18.4 Å². The number of guanidine groups is 1. The van der Waals surface area contributed by atoms with Crippen LogP contribution in [0.2, 0.25) is 0 Å². The third-order valence-electron chi connectivity index (χ3n) is 4.62. The number of hydrogen-bond donors (Lipinski definition) is 1. The summed E-state index contributed by atoms with van der Waals surface area (Å²) in [5, 5.41) is 0. The molecule has 4 nitrogen and oxygen atoms in total. The van der Waals surface area contributed by atoms with Gasteiger partial charge >= 0.3 is 0 Å². The fourth-order valence-corrected chi connectivity index (χ4v) is 3.88. The van der Waals surface area contributed by atoms with Crippen molar-refractivity contribution in [2.75, 3.05) is 6.54 Å². The van der Waals surface area contributed by atoms with E-state index in [9.17, 15) is 0 Å².